The summed E-state index contributed by atoms with van der Waals surface area (Å²) >= 11 is 2.69. The molecule has 5 heterocycles. The van der Waals surface area contributed by atoms with Crippen LogP contribution in [0, 0.1) is 5.41 Å². The van der Waals surface area contributed by atoms with Crippen molar-refractivity contribution < 1.29 is 33.0 Å². The molecule has 0 saturated carbocycles. The normalized spacial score (nSPS) is 12.0. The summed E-state index contributed by atoms with van der Waals surface area (Å²) in [6.45, 7) is 0. The number of rotatable bonds is 8. The number of carbonyl (C=O) groups is 2. The van der Waals surface area contributed by atoms with Gasteiger partial charge in [-0.1, -0.05) is 0 Å². The molecular weight excluding hydrogens is 591 g/mol. The number of aromatic carboxylic acids is 2. The Kier molecular flexibility index (Phi) is 7.58. The molecule has 0 atom stereocenters. The van der Waals surface area contributed by atoms with Crippen LogP contribution in [0.3, 0.4) is 0 Å². The Morgan fingerprint density at radius 3 is 2.05 bits per heavy atom. The first-order chi connectivity index (χ1) is 19.9. The Labute approximate surface area is 243 Å². The second kappa shape index (κ2) is 11.1. The molecule has 14 heteroatoms. The predicted molar refractivity (Wildman–Crippen MR) is 154 cm³/mol. The molecule has 5 aromatic heterocycles. The molecule has 0 unspecified atom stereocenters. The molecule has 0 aromatic carbocycles. The number of thiophene rings is 2. The van der Waals surface area contributed by atoms with E-state index in [2.05, 4.69) is 20.3 Å². The third-order valence-corrected chi connectivity index (χ3v) is 8.36. The second-order valence-corrected chi connectivity index (χ2v) is 10.9. The third kappa shape index (κ3) is 5.89. The molecule has 0 aliphatic rings. The number of hydrogen-bond donors (Lipinski definition) is 4. The maximum atomic E-state index is 12.9. The molecule has 0 amide bonds. The molecule has 212 valence electrons. The van der Waals surface area contributed by atoms with Crippen molar-refractivity contribution in [2.24, 2.45) is 0 Å². The van der Waals surface area contributed by atoms with E-state index in [1.807, 2.05) is 6.07 Å². The Morgan fingerprint density at radius 1 is 0.857 bits per heavy atom. The molecule has 0 radical (unpaired) electrons. The van der Waals surface area contributed by atoms with Crippen LogP contribution in [0.1, 0.15) is 25.6 Å². The van der Waals surface area contributed by atoms with E-state index in [9.17, 15) is 33.0 Å². The number of pyridine rings is 3. The summed E-state index contributed by atoms with van der Waals surface area (Å²) in [5.41, 5.74) is 0.335. The zero-order chi connectivity index (χ0) is 30.2. The average Bonchev–Trinajstić information content (AvgIpc) is 3.55. The standard InChI is InChI=1S/C28H18F3N5O4S2/c1-33-20(10-25(32)28(29,30)31)22-12-24-23(42-22)11-21(41-24)13-2-4-34-16(6-13)18-8-15(27(39)40)9-19(36-18)17-7-14(26(37)38)3-5-35-17/h2-12,32-33H,1H3,(H,37,38)(H,39,40)/b20-10-,32-25?. The van der Waals surface area contributed by atoms with Crippen molar-refractivity contribution in [2.45, 2.75) is 6.18 Å². The fourth-order valence-electron chi connectivity index (χ4n) is 3.95. The summed E-state index contributed by atoms with van der Waals surface area (Å²) in [5.74, 6) is -2.37. The number of alkyl halides is 3. The van der Waals surface area contributed by atoms with Crippen LogP contribution in [-0.4, -0.2) is 56.0 Å². The van der Waals surface area contributed by atoms with Crippen LogP contribution in [0.15, 0.2) is 67.0 Å². The van der Waals surface area contributed by atoms with Crippen LogP contribution >= 0.6 is 22.7 Å². The number of nitrogens with zero attached hydrogens (tertiary/aromatic N) is 3. The lowest BCUT2D eigenvalue weighted by atomic mass is 10.1. The van der Waals surface area contributed by atoms with Gasteiger partial charge in [-0.25, -0.2) is 14.6 Å². The summed E-state index contributed by atoms with van der Waals surface area (Å²) < 4.78 is 40.3. The molecule has 4 N–H and O–H groups in total. The molecule has 0 aliphatic heterocycles. The third-order valence-electron chi connectivity index (χ3n) is 5.98. The average molecular weight is 610 g/mol. The van der Waals surface area contributed by atoms with Crippen molar-refractivity contribution in [3.05, 3.63) is 83.0 Å². The summed E-state index contributed by atoms with van der Waals surface area (Å²) in [7, 11) is 1.49. The van der Waals surface area contributed by atoms with E-state index in [0.29, 0.717) is 10.6 Å². The van der Waals surface area contributed by atoms with Gasteiger partial charge < -0.3 is 15.5 Å². The lowest BCUT2D eigenvalue weighted by molar-refractivity contribution is -0.0584. The molecular formula is C28H18F3N5O4S2. The van der Waals surface area contributed by atoms with Gasteiger partial charge in [0.05, 0.1) is 44.5 Å². The molecule has 5 aromatic rings. The van der Waals surface area contributed by atoms with Crippen molar-refractivity contribution in [3.8, 4) is 33.2 Å². The summed E-state index contributed by atoms with van der Waals surface area (Å²) in [5, 5.41) is 29.0. The molecule has 5 rings (SSSR count). The number of carboxylic acid groups (broad SMARTS) is 2. The first-order valence-corrected chi connectivity index (χ1v) is 13.6. The SMILES string of the molecule is CN/C(=C\C(=N)C(F)(F)F)c1cc2sc(-c3ccnc(-c4cc(C(=O)O)cc(-c5cc(C(=O)O)ccn5)n4)c3)cc2s1. The van der Waals surface area contributed by atoms with E-state index in [1.54, 1.807) is 24.4 Å². The first-order valence-electron chi connectivity index (χ1n) is 11.9. The van der Waals surface area contributed by atoms with E-state index in [0.717, 1.165) is 25.9 Å². The minimum absolute atomic E-state index is 0.0269. The summed E-state index contributed by atoms with van der Waals surface area (Å²) in [6.07, 6.45) is -1.14. The minimum atomic E-state index is -4.75. The summed E-state index contributed by atoms with van der Waals surface area (Å²) in [6, 6.07) is 12.4. The Balaban J connectivity index is 1.51. The monoisotopic (exact) mass is 609 g/mol. The highest BCUT2D eigenvalue weighted by molar-refractivity contribution is 7.30. The topological polar surface area (TPSA) is 149 Å². The highest BCUT2D eigenvalue weighted by Gasteiger charge is 2.33. The van der Waals surface area contributed by atoms with E-state index in [-0.39, 0.29) is 33.9 Å². The maximum absolute atomic E-state index is 12.9. The largest absolute Gasteiger partial charge is 0.478 e. The number of halogens is 3. The quantitative estimate of drug-likeness (QED) is 0.142. The maximum Gasteiger partial charge on any atom is 0.432 e. The molecule has 42 heavy (non-hydrogen) atoms. The molecule has 0 bridgehead atoms. The smallest absolute Gasteiger partial charge is 0.432 e. The Hall–Kier alpha value is -4.95. The van der Waals surface area contributed by atoms with Gasteiger partial charge in [0.25, 0.3) is 0 Å². The number of nitrogens with one attached hydrogen (secondary N) is 2. The number of hydrogen-bond acceptors (Lipinski definition) is 9. The zero-order valence-electron chi connectivity index (χ0n) is 21.4. The van der Waals surface area contributed by atoms with Crippen molar-refractivity contribution in [1.29, 1.82) is 5.41 Å². The van der Waals surface area contributed by atoms with Gasteiger partial charge >= 0.3 is 18.1 Å². The van der Waals surface area contributed by atoms with E-state index >= 15 is 0 Å². The van der Waals surface area contributed by atoms with E-state index in [1.165, 1.54) is 60.2 Å². The van der Waals surface area contributed by atoms with Gasteiger partial charge in [0.1, 0.15) is 5.71 Å². The highest BCUT2D eigenvalue weighted by Crippen LogP contribution is 2.40. The van der Waals surface area contributed by atoms with Gasteiger partial charge in [0.2, 0.25) is 0 Å². The van der Waals surface area contributed by atoms with Crippen LogP contribution in [-0.2, 0) is 0 Å². The van der Waals surface area contributed by atoms with E-state index in [4.69, 9.17) is 5.41 Å². The fourth-order valence-corrected chi connectivity index (χ4v) is 6.36. The first kappa shape index (κ1) is 28.6. The lowest BCUT2D eigenvalue weighted by Crippen LogP contribution is -2.21. The lowest BCUT2D eigenvalue weighted by Gasteiger charge is -2.08. The van der Waals surface area contributed by atoms with Gasteiger partial charge in [-0.05, 0) is 60.2 Å². The van der Waals surface area contributed by atoms with Crippen molar-refractivity contribution in [2.75, 3.05) is 7.05 Å². The number of allylic oxidation sites excluding steroid dienone is 1. The Bertz CT molecular complexity index is 1880. The Morgan fingerprint density at radius 2 is 1.45 bits per heavy atom. The van der Waals surface area contributed by atoms with Crippen molar-refractivity contribution >= 4 is 55.4 Å². The molecule has 9 nitrogen and oxygen atoms in total. The minimum Gasteiger partial charge on any atom is -0.478 e. The van der Waals surface area contributed by atoms with Crippen LogP contribution in [0.4, 0.5) is 13.2 Å². The van der Waals surface area contributed by atoms with Crippen molar-refractivity contribution in [1.82, 2.24) is 20.3 Å². The van der Waals surface area contributed by atoms with Gasteiger partial charge in [0.15, 0.2) is 0 Å². The van der Waals surface area contributed by atoms with Gasteiger partial charge in [-0.15, -0.1) is 22.7 Å². The van der Waals surface area contributed by atoms with Gasteiger partial charge in [0, 0.05) is 33.7 Å². The van der Waals surface area contributed by atoms with Crippen LogP contribution in [0.25, 0.3) is 48.3 Å². The molecule has 0 fully saturated rings. The molecule has 0 aliphatic carbocycles. The fraction of sp³-hybridized carbons (Fsp3) is 0.0714. The zero-order valence-corrected chi connectivity index (χ0v) is 23.0. The summed E-state index contributed by atoms with van der Waals surface area (Å²) in [4.78, 5) is 37.7. The van der Waals surface area contributed by atoms with Gasteiger partial charge in [-0.2, -0.15) is 13.2 Å². The molecule has 0 spiro atoms. The second-order valence-electron chi connectivity index (χ2n) is 8.77. The van der Waals surface area contributed by atoms with Crippen LogP contribution in [0.2, 0.25) is 0 Å². The highest BCUT2D eigenvalue weighted by atomic mass is 32.1. The van der Waals surface area contributed by atoms with Gasteiger partial charge in [-0.3, -0.25) is 15.4 Å². The van der Waals surface area contributed by atoms with E-state index < -0.39 is 23.8 Å². The van der Waals surface area contributed by atoms with Crippen LogP contribution < -0.4 is 5.32 Å². The number of aromatic nitrogens is 3. The molecule has 0 saturated heterocycles. The number of carboxylic acids is 2. The predicted octanol–water partition coefficient (Wildman–Crippen LogP) is 6.69. The van der Waals surface area contributed by atoms with Crippen LogP contribution in [0.5, 0.6) is 0 Å². The number of fused-ring (bicyclic) bond motifs is 1. The van der Waals surface area contributed by atoms with Crippen molar-refractivity contribution in [3.63, 3.8) is 0 Å².